The molecule has 7 heteroatoms. The smallest absolute Gasteiger partial charge is 0.221 e. The van der Waals surface area contributed by atoms with Gasteiger partial charge in [0.1, 0.15) is 5.82 Å². The summed E-state index contributed by atoms with van der Waals surface area (Å²) in [6.07, 6.45) is 4.60. The highest BCUT2D eigenvalue weighted by Gasteiger charge is 2.12. The van der Waals surface area contributed by atoms with E-state index in [1.807, 2.05) is 6.92 Å². The lowest BCUT2D eigenvalue weighted by Crippen LogP contribution is -2.04. The Labute approximate surface area is 127 Å². The minimum Gasteiger partial charge on any atom is -0.490 e. The maximum Gasteiger partial charge on any atom is 0.221 e. The summed E-state index contributed by atoms with van der Waals surface area (Å²) >= 11 is 0. The largest absolute Gasteiger partial charge is 0.490 e. The van der Waals surface area contributed by atoms with Crippen molar-refractivity contribution < 1.29 is 13.5 Å². The second-order valence-electron chi connectivity index (χ2n) is 4.84. The summed E-state index contributed by atoms with van der Waals surface area (Å²) in [7, 11) is 0. The first-order valence-corrected chi connectivity index (χ1v) is 6.99. The molecule has 5 nitrogen and oxygen atoms in total. The van der Waals surface area contributed by atoms with Crippen LogP contribution in [0.1, 0.15) is 31.0 Å². The van der Waals surface area contributed by atoms with E-state index in [1.54, 1.807) is 13.1 Å². The quantitative estimate of drug-likeness (QED) is 0.658. The first-order valence-electron chi connectivity index (χ1n) is 6.99. The summed E-state index contributed by atoms with van der Waals surface area (Å²) < 4.78 is 34.0. The van der Waals surface area contributed by atoms with Gasteiger partial charge in [0.25, 0.3) is 0 Å². The zero-order valence-corrected chi connectivity index (χ0v) is 12.5. The van der Waals surface area contributed by atoms with Crippen LogP contribution >= 0.6 is 0 Å². The Balaban J connectivity index is 2.30. The molecule has 0 saturated carbocycles. The van der Waals surface area contributed by atoms with Crippen molar-refractivity contribution in [2.75, 3.05) is 12.3 Å². The minimum atomic E-state index is -0.757. The van der Waals surface area contributed by atoms with Gasteiger partial charge in [-0.1, -0.05) is 13.3 Å². The van der Waals surface area contributed by atoms with E-state index in [1.165, 1.54) is 10.9 Å². The highest BCUT2D eigenvalue weighted by atomic mass is 19.1. The highest BCUT2D eigenvalue weighted by Crippen LogP contribution is 2.23. The molecule has 0 radical (unpaired) electrons. The maximum absolute atomic E-state index is 13.9. The number of nitrogens with two attached hydrogens (primary N) is 1. The van der Waals surface area contributed by atoms with Crippen LogP contribution in [0, 0.1) is 18.6 Å². The molecule has 0 aliphatic heterocycles. The molecule has 0 fully saturated rings. The third-order valence-corrected chi connectivity index (χ3v) is 2.94. The fraction of sp³-hybridized carbons (Fsp3) is 0.333. The van der Waals surface area contributed by atoms with E-state index in [2.05, 4.69) is 10.1 Å². The molecule has 2 rings (SSSR count). The van der Waals surface area contributed by atoms with E-state index < -0.39 is 11.6 Å². The zero-order valence-electron chi connectivity index (χ0n) is 12.5. The van der Waals surface area contributed by atoms with Crippen molar-refractivity contribution in [3.63, 3.8) is 0 Å². The van der Waals surface area contributed by atoms with Crippen LogP contribution in [-0.4, -0.2) is 22.5 Å². The molecule has 0 aliphatic carbocycles. The Hall–Kier alpha value is -2.44. The molecule has 0 unspecified atom stereocenters. The standard InChI is InChI=1S/C15H18F2N4O/c1-3-4-5-22-14-11(6-12(16)7-13(14)17)8-19-21-9-10(2)20-15(21)18/h6-9H,3-5H2,1-2H3,(H2,18,20). The topological polar surface area (TPSA) is 65.4 Å². The highest BCUT2D eigenvalue weighted by molar-refractivity contribution is 5.83. The Morgan fingerprint density at radius 3 is 2.82 bits per heavy atom. The van der Waals surface area contributed by atoms with Gasteiger partial charge in [-0.25, -0.2) is 18.4 Å². The van der Waals surface area contributed by atoms with Crippen LogP contribution in [0.15, 0.2) is 23.4 Å². The molecule has 2 aromatic rings. The molecular weight excluding hydrogens is 290 g/mol. The van der Waals surface area contributed by atoms with Gasteiger partial charge in [-0.05, 0) is 19.4 Å². The lowest BCUT2D eigenvalue weighted by atomic mass is 10.2. The van der Waals surface area contributed by atoms with Crippen molar-refractivity contribution in [3.05, 3.63) is 41.2 Å². The molecule has 22 heavy (non-hydrogen) atoms. The van der Waals surface area contributed by atoms with Crippen LogP contribution < -0.4 is 10.5 Å². The number of nitrogens with zero attached hydrogens (tertiary/aromatic N) is 3. The van der Waals surface area contributed by atoms with Crippen LogP contribution in [0.4, 0.5) is 14.7 Å². The molecule has 0 bridgehead atoms. The Kier molecular flexibility index (Phi) is 5.08. The average Bonchev–Trinajstić information content (AvgIpc) is 2.77. The first kappa shape index (κ1) is 15.9. The van der Waals surface area contributed by atoms with Crippen molar-refractivity contribution in [3.8, 4) is 5.75 Å². The predicted molar refractivity (Wildman–Crippen MR) is 81.1 cm³/mol. The molecule has 118 valence electrons. The van der Waals surface area contributed by atoms with E-state index in [-0.39, 0.29) is 17.3 Å². The van der Waals surface area contributed by atoms with Crippen molar-refractivity contribution in [1.82, 2.24) is 9.66 Å². The van der Waals surface area contributed by atoms with Gasteiger partial charge in [-0.3, -0.25) is 0 Å². The normalized spacial score (nSPS) is 11.3. The van der Waals surface area contributed by atoms with Gasteiger partial charge in [0, 0.05) is 11.6 Å². The maximum atomic E-state index is 13.9. The molecule has 0 amide bonds. The molecule has 0 spiro atoms. The fourth-order valence-corrected chi connectivity index (χ4v) is 1.87. The fourth-order valence-electron chi connectivity index (χ4n) is 1.87. The van der Waals surface area contributed by atoms with Crippen LogP contribution in [-0.2, 0) is 0 Å². The summed E-state index contributed by atoms with van der Waals surface area (Å²) in [5, 5.41) is 4.06. The monoisotopic (exact) mass is 308 g/mol. The summed E-state index contributed by atoms with van der Waals surface area (Å²) in [5.74, 6) is -1.28. The molecule has 0 saturated heterocycles. The van der Waals surface area contributed by atoms with Gasteiger partial charge in [-0.15, -0.1) is 0 Å². The lowest BCUT2D eigenvalue weighted by Gasteiger charge is -2.10. The second kappa shape index (κ2) is 7.02. The Morgan fingerprint density at radius 2 is 2.18 bits per heavy atom. The number of hydrogen-bond donors (Lipinski definition) is 1. The van der Waals surface area contributed by atoms with Crippen molar-refractivity contribution >= 4 is 12.2 Å². The van der Waals surface area contributed by atoms with Gasteiger partial charge in [0.15, 0.2) is 11.6 Å². The molecule has 1 heterocycles. The number of imidazole rings is 1. The van der Waals surface area contributed by atoms with E-state index in [9.17, 15) is 8.78 Å². The number of benzene rings is 1. The third-order valence-electron chi connectivity index (χ3n) is 2.94. The van der Waals surface area contributed by atoms with Gasteiger partial charge >= 0.3 is 0 Å². The van der Waals surface area contributed by atoms with Gasteiger partial charge in [0.05, 0.1) is 24.7 Å². The van der Waals surface area contributed by atoms with Crippen LogP contribution in [0.25, 0.3) is 0 Å². The third kappa shape index (κ3) is 3.81. The van der Waals surface area contributed by atoms with E-state index >= 15 is 0 Å². The SMILES string of the molecule is CCCCOc1c(F)cc(F)cc1C=Nn1cc(C)nc1N. The van der Waals surface area contributed by atoms with E-state index in [0.29, 0.717) is 12.3 Å². The zero-order chi connectivity index (χ0) is 16.1. The van der Waals surface area contributed by atoms with Gasteiger partial charge in [-0.2, -0.15) is 5.10 Å². The predicted octanol–water partition coefficient (Wildman–Crippen LogP) is 3.11. The van der Waals surface area contributed by atoms with E-state index in [4.69, 9.17) is 10.5 Å². The molecule has 1 aromatic heterocycles. The number of ether oxygens (including phenoxy) is 1. The van der Waals surface area contributed by atoms with Gasteiger partial charge in [0.2, 0.25) is 5.95 Å². The van der Waals surface area contributed by atoms with Crippen molar-refractivity contribution in [2.24, 2.45) is 5.10 Å². The number of aryl methyl sites for hydroxylation is 1. The van der Waals surface area contributed by atoms with Crippen molar-refractivity contribution in [2.45, 2.75) is 26.7 Å². The summed E-state index contributed by atoms with van der Waals surface area (Å²) in [4.78, 5) is 3.99. The van der Waals surface area contributed by atoms with Crippen molar-refractivity contribution in [1.29, 1.82) is 0 Å². The molecule has 0 aliphatic rings. The van der Waals surface area contributed by atoms with E-state index in [0.717, 1.165) is 25.0 Å². The average molecular weight is 308 g/mol. The number of aromatic nitrogens is 2. The molecular formula is C15H18F2N4O. The first-order chi connectivity index (χ1) is 10.5. The van der Waals surface area contributed by atoms with Crippen LogP contribution in [0.5, 0.6) is 5.75 Å². The second-order valence-corrected chi connectivity index (χ2v) is 4.84. The van der Waals surface area contributed by atoms with Crippen LogP contribution in [0.2, 0.25) is 0 Å². The minimum absolute atomic E-state index is 0.0194. The van der Waals surface area contributed by atoms with Crippen LogP contribution in [0.3, 0.4) is 0 Å². The Morgan fingerprint density at radius 1 is 1.41 bits per heavy atom. The lowest BCUT2D eigenvalue weighted by molar-refractivity contribution is 0.293. The van der Waals surface area contributed by atoms with Gasteiger partial charge < -0.3 is 10.5 Å². The summed E-state index contributed by atoms with van der Waals surface area (Å²) in [5.41, 5.74) is 6.56. The number of halogens is 2. The number of nitrogen functional groups attached to an aromatic ring is 1. The number of rotatable bonds is 6. The molecule has 0 atom stereocenters. The number of unbranched alkanes of at least 4 members (excludes halogenated alkanes) is 1. The molecule has 1 aromatic carbocycles. The number of anilines is 1. The Bertz CT molecular complexity index is 682. The summed E-state index contributed by atoms with van der Waals surface area (Å²) in [6, 6.07) is 1.95. The summed E-state index contributed by atoms with van der Waals surface area (Å²) in [6.45, 7) is 4.12. The number of hydrogen-bond acceptors (Lipinski definition) is 4. The molecule has 2 N–H and O–H groups in total.